The molecule has 1 fully saturated rings. The molecule has 0 aromatic carbocycles. The van der Waals surface area contributed by atoms with Crippen molar-refractivity contribution in [1.82, 2.24) is 29.5 Å². The molecule has 0 spiro atoms. The summed E-state index contributed by atoms with van der Waals surface area (Å²) in [5.41, 5.74) is 10.1. The normalized spacial score (nSPS) is 15.9. The number of nitrogens with two attached hydrogens (primary N) is 1. The highest BCUT2D eigenvalue weighted by Crippen LogP contribution is 2.26. The molecule has 0 saturated carbocycles. The van der Waals surface area contributed by atoms with Gasteiger partial charge in [0.2, 0.25) is 5.95 Å². The standard InChI is InChI=1S/C25H39N9/c1-6-7-18(3)29-25-30-22(26)24-28-15-21(34(24)31-25)13-20-12-17(2)23(27-14-20)33-10-8-19(9-11-33)16-32(4)5/h12,14-15,18-19H,6-11,13,16H2,1-5H3,(H3,26,29,30,31)/t18-/m0/s1. The third kappa shape index (κ3) is 5.58. The van der Waals surface area contributed by atoms with Crippen LogP contribution in [-0.2, 0) is 6.42 Å². The summed E-state index contributed by atoms with van der Waals surface area (Å²) in [5.74, 6) is 2.80. The molecular weight excluding hydrogens is 426 g/mol. The molecule has 0 aliphatic carbocycles. The molecule has 1 saturated heterocycles. The number of anilines is 3. The zero-order valence-electron chi connectivity index (χ0n) is 21.3. The van der Waals surface area contributed by atoms with Gasteiger partial charge in [0.1, 0.15) is 5.82 Å². The summed E-state index contributed by atoms with van der Waals surface area (Å²) < 4.78 is 1.81. The molecule has 184 valence electrons. The quantitative estimate of drug-likeness (QED) is 0.496. The lowest BCUT2D eigenvalue weighted by atomic mass is 9.96. The molecule has 3 aromatic rings. The Labute approximate surface area is 202 Å². The largest absolute Gasteiger partial charge is 0.380 e. The lowest BCUT2D eigenvalue weighted by Crippen LogP contribution is -2.37. The van der Waals surface area contributed by atoms with Crippen molar-refractivity contribution in [2.45, 2.75) is 58.9 Å². The molecule has 0 radical (unpaired) electrons. The minimum Gasteiger partial charge on any atom is -0.380 e. The van der Waals surface area contributed by atoms with E-state index < -0.39 is 0 Å². The first-order chi connectivity index (χ1) is 16.3. The van der Waals surface area contributed by atoms with Crippen LogP contribution >= 0.6 is 0 Å². The van der Waals surface area contributed by atoms with Gasteiger partial charge in [-0.1, -0.05) is 19.4 Å². The van der Waals surface area contributed by atoms with Crippen LogP contribution in [0.3, 0.4) is 0 Å². The van der Waals surface area contributed by atoms with E-state index in [1.54, 1.807) is 0 Å². The predicted octanol–water partition coefficient (Wildman–Crippen LogP) is 3.38. The molecule has 0 amide bonds. The van der Waals surface area contributed by atoms with E-state index >= 15 is 0 Å². The van der Waals surface area contributed by atoms with E-state index in [1.165, 1.54) is 24.9 Å². The monoisotopic (exact) mass is 465 g/mol. The van der Waals surface area contributed by atoms with E-state index in [0.29, 0.717) is 23.8 Å². The highest BCUT2D eigenvalue weighted by Gasteiger charge is 2.22. The Morgan fingerprint density at radius 2 is 1.97 bits per heavy atom. The Kier molecular flexibility index (Phi) is 7.50. The Balaban J connectivity index is 1.48. The van der Waals surface area contributed by atoms with E-state index in [4.69, 9.17) is 10.7 Å². The van der Waals surface area contributed by atoms with Gasteiger partial charge in [0, 0.05) is 38.3 Å². The zero-order chi connectivity index (χ0) is 24.2. The number of nitrogens with one attached hydrogen (secondary N) is 1. The van der Waals surface area contributed by atoms with Gasteiger partial charge in [0.05, 0.1) is 11.9 Å². The van der Waals surface area contributed by atoms with Crippen LogP contribution in [0.1, 0.15) is 56.4 Å². The van der Waals surface area contributed by atoms with E-state index in [2.05, 4.69) is 71.1 Å². The number of piperidine rings is 1. The molecular formula is C25H39N9. The highest BCUT2D eigenvalue weighted by atomic mass is 15.3. The van der Waals surface area contributed by atoms with Crippen LogP contribution in [0.15, 0.2) is 18.5 Å². The molecule has 4 rings (SSSR count). The smallest absolute Gasteiger partial charge is 0.243 e. The molecule has 4 heterocycles. The van der Waals surface area contributed by atoms with Crippen molar-refractivity contribution in [3.8, 4) is 0 Å². The topological polar surface area (TPSA) is 100 Å². The van der Waals surface area contributed by atoms with Crippen molar-refractivity contribution in [2.75, 3.05) is 49.7 Å². The summed E-state index contributed by atoms with van der Waals surface area (Å²) in [4.78, 5) is 18.4. The number of nitrogens with zero attached hydrogens (tertiary/aromatic N) is 7. The Morgan fingerprint density at radius 3 is 2.65 bits per heavy atom. The second kappa shape index (κ2) is 10.5. The number of pyridine rings is 1. The van der Waals surface area contributed by atoms with E-state index in [0.717, 1.165) is 48.9 Å². The van der Waals surface area contributed by atoms with Crippen molar-refractivity contribution >= 4 is 23.2 Å². The van der Waals surface area contributed by atoms with E-state index in [9.17, 15) is 0 Å². The summed E-state index contributed by atoms with van der Waals surface area (Å²) in [5, 5.41) is 8.03. The molecule has 0 unspecified atom stereocenters. The molecule has 1 aliphatic heterocycles. The minimum absolute atomic E-state index is 0.279. The summed E-state index contributed by atoms with van der Waals surface area (Å²) in [6.45, 7) is 9.76. The van der Waals surface area contributed by atoms with Crippen LogP contribution in [0, 0.1) is 12.8 Å². The zero-order valence-corrected chi connectivity index (χ0v) is 21.3. The maximum atomic E-state index is 6.18. The van der Waals surface area contributed by atoms with Crippen LogP contribution in [0.5, 0.6) is 0 Å². The Morgan fingerprint density at radius 1 is 1.21 bits per heavy atom. The summed E-state index contributed by atoms with van der Waals surface area (Å²) >= 11 is 0. The first-order valence-corrected chi connectivity index (χ1v) is 12.5. The van der Waals surface area contributed by atoms with E-state index in [-0.39, 0.29) is 6.04 Å². The molecule has 9 heteroatoms. The maximum Gasteiger partial charge on any atom is 0.243 e. The number of aromatic nitrogens is 5. The Bertz CT molecular complexity index is 1100. The van der Waals surface area contributed by atoms with Gasteiger partial charge in [-0.05, 0) is 64.3 Å². The third-order valence-electron chi connectivity index (χ3n) is 6.59. The second-order valence-corrected chi connectivity index (χ2v) is 9.99. The average Bonchev–Trinajstić information content (AvgIpc) is 3.17. The lowest BCUT2D eigenvalue weighted by Gasteiger charge is -2.34. The van der Waals surface area contributed by atoms with Gasteiger partial charge in [0.25, 0.3) is 0 Å². The molecule has 0 bridgehead atoms. The molecule has 3 N–H and O–H groups in total. The maximum absolute atomic E-state index is 6.18. The van der Waals surface area contributed by atoms with Gasteiger partial charge in [0.15, 0.2) is 11.5 Å². The number of aryl methyl sites for hydroxylation is 1. The van der Waals surface area contributed by atoms with Crippen LogP contribution in [-0.4, -0.2) is 69.2 Å². The van der Waals surface area contributed by atoms with Gasteiger partial charge in [-0.3, -0.25) is 0 Å². The lowest BCUT2D eigenvalue weighted by molar-refractivity contribution is 0.284. The number of fused-ring (bicyclic) bond motifs is 1. The van der Waals surface area contributed by atoms with Crippen LogP contribution in [0.25, 0.3) is 5.65 Å². The molecule has 1 atom stereocenters. The molecule has 34 heavy (non-hydrogen) atoms. The molecule has 1 aliphatic rings. The summed E-state index contributed by atoms with van der Waals surface area (Å²) in [6, 6.07) is 2.52. The van der Waals surface area contributed by atoms with Crippen molar-refractivity contribution < 1.29 is 0 Å². The van der Waals surface area contributed by atoms with Crippen molar-refractivity contribution in [3.05, 3.63) is 35.3 Å². The predicted molar refractivity (Wildman–Crippen MR) is 138 cm³/mol. The fourth-order valence-corrected chi connectivity index (χ4v) is 4.96. The van der Waals surface area contributed by atoms with Crippen molar-refractivity contribution in [3.63, 3.8) is 0 Å². The first kappa shape index (κ1) is 24.2. The fraction of sp³-hybridized carbons (Fsp3) is 0.600. The summed E-state index contributed by atoms with van der Waals surface area (Å²) in [6.07, 6.45) is 9.08. The van der Waals surface area contributed by atoms with Gasteiger partial charge < -0.3 is 20.9 Å². The fourth-order valence-electron chi connectivity index (χ4n) is 4.96. The number of hydrogen-bond donors (Lipinski definition) is 2. The van der Waals surface area contributed by atoms with Gasteiger partial charge >= 0.3 is 0 Å². The van der Waals surface area contributed by atoms with Crippen molar-refractivity contribution in [2.24, 2.45) is 5.92 Å². The second-order valence-electron chi connectivity index (χ2n) is 9.99. The van der Waals surface area contributed by atoms with Gasteiger partial charge in [-0.15, -0.1) is 5.10 Å². The first-order valence-electron chi connectivity index (χ1n) is 12.5. The number of rotatable bonds is 9. The van der Waals surface area contributed by atoms with Gasteiger partial charge in [-0.25, -0.2) is 14.5 Å². The number of imidazole rings is 1. The number of hydrogen-bond acceptors (Lipinski definition) is 8. The van der Waals surface area contributed by atoms with Crippen LogP contribution < -0.4 is 16.0 Å². The van der Waals surface area contributed by atoms with Crippen LogP contribution in [0.4, 0.5) is 17.6 Å². The SMILES string of the molecule is CCC[C@H](C)Nc1nc(N)c2ncc(Cc3cnc(N4CCC(CN(C)C)CC4)c(C)c3)n2n1. The average molecular weight is 466 g/mol. The molecule has 3 aromatic heterocycles. The Hall–Kier alpha value is -2.94. The number of nitrogen functional groups attached to an aromatic ring is 1. The van der Waals surface area contributed by atoms with Crippen molar-refractivity contribution in [1.29, 1.82) is 0 Å². The molecule has 9 nitrogen and oxygen atoms in total. The highest BCUT2D eigenvalue weighted by molar-refractivity contribution is 5.61. The van der Waals surface area contributed by atoms with Gasteiger partial charge in [-0.2, -0.15) is 4.98 Å². The van der Waals surface area contributed by atoms with Crippen LogP contribution in [0.2, 0.25) is 0 Å². The third-order valence-corrected chi connectivity index (χ3v) is 6.59. The minimum atomic E-state index is 0.279. The summed E-state index contributed by atoms with van der Waals surface area (Å²) in [7, 11) is 4.32. The van der Waals surface area contributed by atoms with E-state index in [1.807, 2.05) is 16.9 Å².